The van der Waals surface area contributed by atoms with Gasteiger partial charge in [0.15, 0.2) is 5.78 Å². The number of esters is 1. The van der Waals surface area contributed by atoms with E-state index >= 15 is 0 Å². The maximum Gasteiger partial charge on any atom is 0.312 e. The summed E-state index contributed by atoms with van der Waals surface area (Å²) in [5.41, 5.74) is 3.06. The molecule has 0 radical (unpaired) electrons. The summed E-state index contributed by atoms with van der Waals surface area (Å²) in [6, 6.07) is 10.4. The Morgan fingerprint density at radius 2 is 1.61 bits per heavy atom. The van der Waals surface area contributed by atoms with Crippen LogP contribution in [0.2, 0.25) is 0 Å². The minimum atomic E-state index is -0.365. The van der Waals surface area contributed by atoms with Crippen LogP contribution >= 0.6 is 0 Å². The molecule has 6 rings (SSSR count). The summed E-state index contributed by atoms with van der Waals surface area (Å²) in [5.74, 6) is 2.55. The summed E-state index contributed by atoms with van der Waals surface area (Å²) in [6.07, 6.45) is 11.7. The Morgan fingerprint density at radius 1 is 0.902 bits per heavy atom. The molecule has 0 aliphatic heterocycles. The largest absolute Gasteiger partial charge is 0.469 e. The Balaban J connectivity index is 1.42. The summed E-state index contributed by atoms with van der Waals surface area (Å²) in [6.45, 7) is 18.9. The number of ketones is 1. The van der Waals surface area contributed by atoms with Gasteiger partial charge in [0, 0.05) is 5.41 Å². The average Bonchev–Trinajstić information content (AvgIpc) is 3.33. The number of Topliss-reactive ketones (excluding diaryl/α,β-unsaturated/α-hetero) is 1. The summed E-state index contributed by atoms with van der Waals surface area (Å²) in [5, 5.41) is 0. The van der Waals surface area contributed by atoms with Crippen LogP contribution in [0.5, 0.6) is 0 Å². The summed E-state index contributed by atoms with van der Waals surface area (Å²) in [4.78, 5) is 27.5. The topological polar surface area (TPSA) is 43.4 Å². The zero-order valence-corrected chi connectivity index (χ0v) is 26.6. The van der Waals surface area contributed by atoms with Crippen molar-refractivity contribution in [1.29, 1.82) is 0 Å². The number of carbonyl (C=O) groups excluding carboxylic acids is 2. The zero-order valence-electron chi connectivity index (χ0n) is 26.6. The predicted molar refractivity (Wildman–Crippen MR) is 166 cm³/mol. The fourth-order valence-electron chi connectivity index (χ4n) is 12.4. The number of fused-ring (bicyclic) bond motifs is 7. The molecular weight excluding hydrogens is 504 g/mol. The first-order valence-corrected chi connectivity index (χ1v) is 16.3. The number of benzene rings is 1. The van der Waals surface area contributed by atoms with Gasteiger partial charge in [-0.15, -0.1) is 0 Å². The van der Waals surface area contributed by atoms with E-state index in [-0.39, 0.29) is 33.0 Å². The van der Waals surface area contributed by atoms with Crippen molar-refractivity contribution >= 4 is 17.8 Å². The molecule has 222 valence electrons. The highest BCUT2D eigenvalue weighted by molar-refractivity contribution is 6.04. The number of rotatable bonds is 3. The fraction of sp³-hybridized carbons (Fsp3) is 0.684. The number of carbonyl (C=O) groups is 2. The average molecular weight is 557 g/mol. The highest BCUT2D eigenvalue weighted by Gasteiger charge is 2.72. The van der Waals surface area contributed by atoms with E-state index in [1.165, 1.54) is 24.8 Å². The zero-order chi connectivity index (χ0) is 29.6. The van der Waals surface area contributed by atoms with Gasteiger partial charge in [0.25, 0.3) is 0 Å². The molecule has 9 atom stereocenters. The molecule has 5 aliphatic carbocycles. The second-order valence-corrected chi connectivity index (χ2v) is 16.1. The van der Waals surface area contributed by atoms with E-state index in [2.05, 4.69) is 78.5 Å². The van der Waals surface area contributed by atoms with Gasteiger partial charge in [0.05, 0.1) is 12.5 Å². The third-order valence-electron chi connectivity index (χ3n) is 14.4. The molecule has 0 heterocycles. The molecule has 0 unspecified atom stereocenters. The van der Waals surface area contributed by atoms with Gasteiger partial charge in [-0.3, -0.25) is 9.59 Å². The van der Waals surface area contributed by atoms with Crippen LogP contribution in [-0.2, 0) is 14.3 Å². The van der Waals surface area contributed by atoms with Crippen LogP contribution in [0.1, 0.15) is 105 Å². The van der Waals surface area contributed by atoms with E-state index in [1.54, 1.807) is 7.11 Å². The van der Waals surface area contributed by atoms with E-state index in [4.69, 9.17) is 4.74 Å². The molecule has 0 amide bonds. The lowest BCUT2D eigenvalue weighted by molar-refractivity contribution is -0.232. The van der Waals surface area contributed by atoms with Crippen LogP contribution in [0.4, 0.5) is 0 Å². The predicted octanol–water partition coefficient (Wildman–Crippen LogP) is 9.08. The number of ether oxygens (including phenoxy) is 1. The highest BCUT2D eigenvalue weighted by atomic mass is 16.5. The van der Waals surface area contributed by atoms with Gasteiger partial charge >= 0.3 is 5.97 Å². The van der Waals surface area contributed by atoms with Crippen LogP contribution in [0.25, 0.3) is 6.08 Å². The second-order valence-electron chi connectivity index (χ2n) is 16.1. The van der Waals surface area contributed by atoms with Crippen molar-refractivity contribution in [2.75, 3.05) is 7.11 Å². The van der Waals surface area contributed by atoms with Crippen molar-refractivity contribution in [1.82, 2.24) is 0 Å². The quantitative estimate of drug-likeness (QED) is 0.212. The van der Waals surface area contributed by atoms with Crippen molar-refractivity contribution < 1.29 is 14.3 Å². The summed E-state index contributed by atoms with van der Waals surface area (Å²) < 4.78 is 5.54. The van der Waals surface area contributed by atoms with Gasteiger partial charge in [0.2, 0.25) is 0 Å². The van der Waals surface area contributed by atoms with Crippen LogP contribution in [0.15, 0.2) is 48.1 Å². The SMILES string of the molecule is C=C(C)[C@@H]1CC[C@]2(C(=O)OC)CC[C@]3(C)[C@H](CC[C@@H]4[C@@]5(C)C/C(=C\c6ccccc6)C(=O)C(C)(C)[C@H]5CC[C@]43C)[C@@H]12. The van der Waals surface area contributed by atoms with E-state index in [0.717, 1.165) is 49.7 Å². The molecule has 0 bridgehead atoms. The molecule has 3 heteroatoms. The Morgan fingerprint density at radius 3 is 2.27 bits per heavy atom. The second kappa shape index (κ2) is 9.42. The van der Waals surface area contributed by atoms with Crippen molar-refractivity contribution in [2.24, 2.45) is 56.7 Å². The third-order valence-corrected chi connectivity index (χ3v) is 14.4. The molecule has 1 aromatic carbocycles. The summed E-state index contributed by atoms with van der Waals surface area (Å²) >= 11 is 0. The lowest BCUT2D eigenvalue weighted by atomic mass is 9.32. The van der Waals surface area contributed by atoms with Crippen molar-refractivity contribution in [3.05, 3.63) is 53.6 Å². The van der Waals surface area contributed by atoms with Gasteiger partial charge in [-0.25, -0.2) is 0 Å². The molecule has 0 N–H and O–H groups in total. The van der Waals surface area contributed by atoms with Gasteiger partial charge in [-0.1, -0.05) is 77.1 Å². The number of methoxy groups -OCH3 is 1. The number of hydrogen-bond donors (Lipinski definition) is 0. The van der Waals surface area contributed by atoms with Crippen LogP contribution in [0, 0.1) is 56.7 Å². The minimum absolute atomic E-state index is 0.0273. The van der Waals surface area contributed by atoms with E-state index in [1.807, 2.05) is 6.07 Å². The lowest BCUT2D eigenvalue weighted by Crippen LogP contribution is -2.67. The maximum atomic E-state index is 14.0. The molecule has 3 nitrogen and oxygen atoms in total. The van der Waals surface area contributed by atoms with Crippen LogP contribution in [0.3, 0.4) is 0 Å². The maximum absolute atomic E-state index is 14.0. The molecule has 5 aliphatic rings. The van der Waals surface area contributed by atoms with Gasteiger partial charge < -0.3 is 4.74 Å². The smallest absolute Gasteiger partial charge is 0.312 e. The molecule has 0 aromatic heterocycles. The molecular formula is C38H52O3. The molecule has 0 spiro atoms. The van der Waals surface area contributed by atoms with Gasteiger partial charge in [-0.2, -0.15) is 0 Å². The third kappa shape index (κ3) is 3.75. The van der Waals surface area contributed by atoms with Gasteiger partial charge in [-0.05, 0) is 128 Å². The van der Waals surface area contributed by atoms with E-state index < -0.39 is 0 Å². The van der Waals surface area contributed by atoms with Crippen LogP contribution in [-0.4, -0.2) is 18.9 Å². The Kier molecular flexibility index (Phi) is 6.65. The number of allylic oxidation sites excluding steroid dienone is 2. The van der Waals surface area contributed by atoms with Crippen molar-refractivity contribution in [3.63, 3.8) is 0 Å². The Hall–Kier alpha value is -2.16. The molecule has 5 fully saturated rings. The van der Waals surface area contributed by atoms with E-state index in [0.29, 0.717) is 35.4 Å². The summed E-state index contributed by atoms with van der Waals surface area (Å²) in [7, 11) is 1.59. The van der Waals surface area contributed by atoms with Crippen molar-refractivity contribution in [3.8, 4) is 0 Å². The lowest BCUT2D eigenvalue weighted by Gasteiger charge is -2.72. The van der Waals surface area contributed by atoms with E-state index in [9.17, 15) is 9.59 Å². The number of hydrogen-bond acceptors (Lipinski definition) is 3. The van der Waals surface area contributed by atoms with Gasteiger partial charge in [0.1, 0.15) is 0 Å². The molecule has 41 heavy (non-hydrogen) atoms. The molecule has 0 saturated heterocycles. The molecule has 1 aromatic rings. The normalized spacial score (nSPS) is 45.7. The first-order chi connectivity index (χ1) is 19.3. The highest BCUT2D eigenvalue weighted by Crippen LogP contribution is 2.77. The Bertz CT molecular complexity index is 1290. The first-order valence-electron chi connectivity index (χ1n) is 16.3. The Labute approximate surface area is 248 Å². The standard InChI is InChI=1S/C38H52O3/c1-24(2)27-16-19-38(33(40)41-8)21-20-36(6)28(31(27)38)14-15-30-35(5)23-26(22-25-12-10-9-11-13-25)32(39)34(3,4)29(35)17-18-37(30,36)7/h9-13,22,27-31H,1,14-21,23H2,2-8H3/b26-22+/t27-,28+,29+,30+,31+,35-,36+,37+,38-/m0/s1. The van der Waals surface area contributed by atoms with Crippen LogP contribution < -0.4 is 0 Å². The first kappa shape index (κ1) is 28.9. The molecule has 5 saturated carbocycles. The monoisotopic (exact) mass is 556 g/mol. The fourth-order valence-corrected chi connectivity index (χ4v) is 12.4. The van der Waals surface area contributed by atoms with Crippen molar-refractivity contribution in [2.45, 2.75) is 99.3 Å². The minimum Gasteiger partial charge on any atom is -0.469 e.